The molecule has 5 nitrogen and oxygen atoms in total. The number of carbonyl (C=O) groups is 2. The Balaban J connectivity index is 1.62. The molecule has 1 aliphatic carbocycles. The molecule has 8 heteroatoms. The quantitative estimate of drug-likeness (QED) is 0.503. The van der Waals surface area contributed by atoms with E-state index in [4.69, 9.17) is 0 Å². The molecule has 1 heterocycles. The molecule has 3 aromatic rings. The lowest BCUT2D eigenvalue weighted by molar-refractivity contribution is -0.118. The van der Waals surface area contributed by atoms with Crippen LogP contribution in [-0.2, 0) is 16.1 Å². The second kappa shape index (κ2) is 8.03. The lowest BCUT2D eigenvalue weighted by atomic mass is 9.93. The van der Waals surface area contributed by atoms with Crippen molar-refractivity contribution in [2.24, 2.45) is 0 Å². The number of pyridine rings is 1. The lowest BCUT2D eigenvalue weighted by Gasteiger charge is -2.18. The average Bonchev–Trinajstić information content (AvgIpc) is 3.55. The van der Waals surface area contributed by atoms with Crippen molar-refractivity contribution in [2.45, 2.75) is 38.0 Å². The maximum atomic E-state index is 14.5. The first-order chi connectivity index (χ1) is 15.5. The van der Waals surface area contributed by atoms with E-state index in [0.29, 0.717) is 24.0 Å². The van der Waals surface area contributed by atoms with Gasteiger partial charge in [0.2, 0.25) is 5.91 Å². The Morgan fingerprint density at radius 1 is 1.09 bits per heavy atom. The number of anilines is 1. The monoisotopic (exact) mass is 454 g/mol. The number of carbonyl (C=O) groups excluding carboxylic acids is 1. The van der Waals surface area contributed by atoms with Crippen molar-refractivity contribution in [3.05, 3.63) is 82.9 Å². The minimum Gasteiger partial charge on any atom is -0.478 e. The number of rotatable bonds is 6. The van der Waals surface area contributed by atoms with Crippen LogP contribution in [0.25, 0.3) is 11.1 Å². The Labute approximate surface area is 188 Å². The number of hydrogen-bond acceptors (Lipinski definition) is 3. The van der Waals surface area contributed by atoms with Crippen LogP contribution < -0.4 is 5.32 Å². The Bertz CT molecular complexity index is 1250. The largest absolute Gasteiger partial charge is 0.478 e. The minimum atomic E-state index is -3.11. The predicted molar refractivity (Wildman–Crippen MR) is 117 cm³/mol. The molecule has 0 radical (unpaired) electrons. The van der Waals surface area contributed by atoms with E-state index in [1.807, 2.05) is 0 Å². The molecule has 0 atom stereocenters. The summed E-state index contributed by atoms with van der Waals surface area (Å²) in [5.41, 5.74) is 0.388. The van der Waals surface area contributed by atoms with Crippen LogP contribution in [0.1, 0.15) is 46.9 Å². The summed E-state index contributed by atoms with van der Waals surface area (Å²) in [7, 11) is 0. The molecule has 2 aromatic carbocycles. The van der Waals surface area contributed by atoms with Gasteiger partial charge in [-0.1, -0.05) is 24.3 Å². The topological polar surface area (TPSA) is 79.3 Å². The fourth-order valence-electron chi connectivity index (χ4n) is 3.87. The van der Waals surface area contributed by atoms with Crippen molar-refractivity contribution < 1.29 is 27.9 Å². The van der Waals surface area contributed by atoms with E-state index in [2.05, 4.69) is 10.3 Å². The molecule has 1 aromatic heterocycles. The summed E-state index contributed by atoms with van der Waals surface area (Å²) in [6.45, 7) is 2.49. The molecule has 2 N–H and O–H groups in total. The first kappa shape index (κ1) is 22.5. The summed E-state index contributed by atoms with van der Waals surface area (Å²) in [6.07, 6.45) is 2.16. The van der Waals surface area contributed by atoms with E-state index in [1.54, 1.807) is 19.1 Å². The molecular weight excluding hydrogens is 433 g/mol. The van der Waals surface area contributed by atoms with Gasteiger partial charge in [0.25, 0.3) is 5.92 Å². The second-order valence-corrected chi connectivity index (χ2v) is 8.41. The van der Waals surface area contributed by atoms with E-state index in [9.17, 15) is 27.9 Å². The van der Waals surface area contributed by atoms with E-state index in [0.717, 1.165) is 18.6 Å². The highest BCUT2D eigenvalue weighted by atomic mass is 19.3. The van der Waals surface area contributed by atoms with Gasteiger partial charge in [-0.3, -0.25) is 9.78 Å². The van der Waals surface area contributed by atoms with E-state index in [-0.39, 0.29) is 16.8 Å². The average molecular weight is 454 g/mol. The van der Waals surface area contributed by atoms with Crippen LogP contribution >= 0.6 is 0 Å². The maximum absolute atomic E-state index is 14.5. The standard InChI is InChI=1S/C25H21F3N2O3/c1-14-3-7-19(20(26)11-14)25(9-10-25)23(33)30-16-5-6-17(18(12-16)22(31)32)15-4-8-21(29-13-15)24(2,27)28/h3-8,11-13H,9-10H2,1-2H3,(H,30,33)(H,31,32). The molecule has 0 saturated heterocycles. The van der Waals surface area contributed by atoms with Crippen LogP contribution in [0.15, 0.2) is 54.7 Å². The van der Waals surface area contributed by atoms with Crippen molar-refractivity contribution in [1.82, 2.24) is 4.98 Å². The highest BCUT2D eigenvalue weighted by Gasteiger charge is 2.52. The third-order valence-electron chi connectivity index (χ3n) is 5.86. The zero-order valence-electron chi connectivity index (χ0n) is 18.0. The fraction of sp³-hybridized carbons (Fsp3) is 0.240. The molecule has 0 bridgehead atoms. The number of carboxylic acids is 1. The van der Waals surface area contributed by atoms with Gasteiger partial charge in [0.1, 0.15) is 11.5 Å². The van der Waals surface area contributed by atoms with Gasteiger partial charge in [-0.2, -0.15) is 8.78 Å². The van der Waals surface area contributed by atoms with Crippen LogP contribution in [0.3, 0.4) is 0 Å². The van der Waals surface area contributed by atoms with E-state index in [1.165, 1.54) is 36.5 Å². The van der Waals surface area contributed by atoms with Crippen molar-refractivity contribution in [2.75, 3.05) is 5.32 Å². The third kappa shape index (κ3) is 4.33. The smallest absolute Gasteiger partial charge is 0.336 e. The Morgan fingerprint density at radius 3 is 2.36 bits per heavy atom. The van der Waals surface area contributed by atoms with Crippen molar-refractivity contribution in [3.8, 4) is 11.1 Å². The van der Waals surface area contributed by atoms with Gasteiger partial charge in [0, 0.05) is 29.9 Å². The molecule has 0 unspecified atom stereocenters. The molecule has 170 valence electrons. The summed E-state index contributed by atoms with van der Waals surface area (Å²) >= 11 is 0. The van der Waals surface area contributed by atoms with Gasteiger partial charge in [0.05, 0.1) is 11.0 Å². The predicted octanol–water partition coefficient (Wildman–Crippen LogP) is 5.68. The van der Waals surface area contributed by atoms with Crippen molar-refractivity contribution >= 4 is 17.6 Å². The number of aromatic carboxylic acids is 1. The van der Waals surface area contributed by atoms with Crippen LogP contribution in [0.5, 0.6) is 0 Å². The highest BCUT2D eigenvalue weighted by Crippen LogP contribution is 2.50. The summed E-state index contributed by atoms with van der Waals surface area (Å²) in [5.74, 6) is -5.22. The van der Waals surface area contributed by atoms with Gasteiger partial charge in [-0.15, -0.1) is 0 Å². The first-order valence-corrected chi connectivity index (χ1v) is 10.3. The van der Waals surface area contributed by atoms with E-state index < -0.39 is 34.7 Å². The van der Waals surface area contributed by atoms with Crippen LogP contribution in [0.2, 0.25) is 0 Å². The molecule has 1 saturated carbocycles. The third-order valence-corrected chi connectivity index (χ3v) is 5.86. The maximum Gasteiger partial charge on any atom is 0.336 e. The van der Waals surface area contributed by atoms with Crippen LogP contribution in [0.4, 0.5) is 18.9 Å². The molecule has 0 spiro atoms. The number of nitrogens with zero attached hydrogens (tertiary/aromatic N) is 1. The summed E-state index contributed by atoms with van der Waals surface area (Å²) < 4.78 is 41.3. The Hall–Kier alpha value is -3.68. The van der Waals surface area contributed by atoms with Crippen LogP contribution in [-0.4, -0.2) is 22.0 Å². The minimum absolute atomic E-state index is 0.128. The van der Waals surface area contributed by atoms with E-state index >= 15 is 0 Å². The number of hydrogen-bond donors (Lipinski definition) is 2. The fourth-order valence-corrected chi connectivity index (χ4v) is 3.87. The molecular formula is C25H21F3N2O3. The summed E-state index contributed by atoms with van der Waals surface area (Å²) in [4.78, 5) is 28.6. The van der Waals surface area contributed by atoms with Gasteiger partial charge in [0.15, 0.2) is 0 Å². The number of nitrogens with one attached hydrogen (secondary N) is 1. The highest BCUT2D eigenvalue weighted by molar-refractivity contribution is 6.03. The van der Waals surface area contributed by atoms with Gasteiger partial charge in [-0.05, 0) is 55.2 Å². The number of alkyl halides is 2. The number of aryl methyl sites for hydroxylation is 1. The van der Waals surface area contributed by atoms with Crippen molar-refractivity contribution in [3.63, 3.8) is 0 Å². The number of carboxylic acid groups (broad SMARTS) is 1. The SMILES string of the molecule is Cc1ccc(C2(C(=O)Nc3ccc(-c4ccc(C(C)(F)F)nc4)c(C(=O)O)c3)CC2)c(F)c1. The van der Waals surface area contributed by atoms with Gasteiger partial charge >= 0.3 is 5.97 Å². The number of amides is 1. The zero-order chi connectivity index (χ0) is 24.0. The first-order valence-electron chi connectivity index (χ1n) is 10.3. The molecule has 1 aliphatic rings. The number of benzene rings is 2. The Morgan fingerprint density at radius 2 is 1.82 bits per heavy atom. The van der Waals surface area contributed by atoms with Crippen molar-refractivity contribution in [1.29, 1.82) is 0 Å². The molecule has 33 heavy (non-hydrogen) atoms. The normalized spacial score (nSPS) is 14.6. The summed E-state index contributed by atoms with van der Waals surface area (Å²) in [5, 5.41) is 12.4. The summed E-state index contributed by atoms with van der Waals surface area (Å²) in [6, 6.07) is 11.5. The second-order valence-electron chi connectivity index (χ2n) is 8.41. The molecule has 1 amide bonds. The van der Waals surface area contributed by atoms with Crippen LogP contribution in [0, 0.1) is 12.7 Å². The molecule has 0 aliphatic heterocycles. The zero-order valence-corrected chi connectivity index (χ0v) is 18.0. The van der Waals surface area contributed by atoms with Gasteiger partial charge < -0.3 is 10.4 Å². The molecule has 1 fully saturated rings. The van der Waals surface area contributed by atoms with Gasteiger partial charge in [-0.25, -0.2) is 9.18 Å². The lowest BCUT2D eigenvalue weighted by Crippen LogP contribution is -2.28. The number of aromatic nitrogens is 1. The number of halogens is 3. The molecule has 4 rings (SSSR count). The Kier molecular flexibility index (Phi) is 5.47.